The van der Waals surface area contributed by atoms with Gasteiger partial charge in [-0.2, -0.15) is 0 Å². The Labute approximate surface area is 135 Å². The summed E-state index contributed by atoms with van der Waals surface area (Å²) in [5.74, 6) is 1.89. The number of aryl methyl sites for hydroxylation is 1. The van der Waals surface area contributed by atoms with Gasteiger partial charge in [0.1, 0.15) is 17.4 Å². The Kier molecular flexibility index (Phi) is 4.83. The number of anilines is 1. The Hall–Kier alpha value is -2.47. The van der Waals surface area contributed by atoms with E-state index in [4.69, 9.17) is 4.74 Å². The number of ether oxygens (including phenoxy) is 1. The number of aliphatic imine (C=N–C) groups is 1. The van der Waals surface area contributed by atoms with Crippen molar-refractivity contribution in [1.82, 2.24) is 9.97 Å². The van der Waals surface area contributed by atoms with Gasteiger partial charge < -0.3 is 14.7 Å². The van der Waals surface area contributed by atoms with Gasteiger partial charge in [0.25, 0.3) is 0 Å². The molecule has 6 nitrogen and oxygen atoms in total. The highest BCUT2D eigenvalue weighted by Gasteiger charge is 2.13. The molecule has 0 spiro atoms. The average molecular weight is 312 g/mol. The highest BCUT2D eigenvalue weighted by molar-refractivity contribution is 5.83. The van der Waals surface area contributed by atoms with Crippen LogP contribution in [-0.2, 0) is 11.3 Å². The zero-order valence-corrected chi connectivity index (χ0v) is 13.1. The van der Waals surface area contributed by atoms with Crippen LogP contribution in [0.15, 0.2) is 35.3 Å². The van der Waals surface area contributed by atoms with Crippen molar-refractivity contribution in [3.63, 3.8) is 0 Å². The van der Waals surface area contributed by atoms with Crippen LogP contribution in [0.4, 0.5) is 5.82 Å². The molecule has 0 atom stereocenters. The minimum atomic E-state index is 0.226. The molecule has 1 aromatic carbocycles. The van der Waals surface area contributed by atoms with Crippen LogP contribution in [0.2, 0.25) is 0 Å². The summed E-state index contributed by atoms with van der Waals surface area (Å²) >= 11 is 0. The molecule has 0 aliphatic carbocycles. The lowest BCUT2D eigenvalue weighted by Gasteiger charge is -2.28. The first-order valence-electron chi connectivity index (χ1n) is 7.67. The highest BCUT2D eigenvalue weighted by Crippen LogP contribution is 2.16. The number of hydrogen-bond acceptors (Lipinski definition) is 6. The van der Waals surface area contributed by atoms with E-state index >= 15 is 0 Å². The predicted octanol–water partition coefficient (Wildman–Crippen LogP) is 1.95. The molecule has 120 valence electrons. The first-order chi connectivity index (χ1) is 11.2. The van der Waals surface area contributed by atoms with Crippen molar-refractivity contribution in [3.05, 3.63) is 47.4 Å². The number of phenolic OH excluding ortho intramolecular Hbond substituents is 1. The number of hydrogen-bond donors (Lipinski definition) is 1. The van der Waals surface area contributed by atoms with E-state index < -0.39 is 0 Å². The number of para-hydroxylation sites is 1. The lowest BCUT2D eigenvalue weighted by atomic mass is 10.2. The molecule has 1 aliphatic heterocycles. The van der Waals surface area contributed by atoms with Gasteiger partial charge in [0.2, 0.25) is 0 Å². The number of benzene rings is 1. The van der Waals surface area contributed by atoms with Crippen LogP contribution >= 0.6 is 0 Å². The minimum absolute atomic E-state index is 0.226. The molecule has 0 radical (unpaired) electrons. The maximum atomic E-state index is 9.73. The molecule has 1 saturated heterocycles. The van der Waals surface area contributed by atoms with Crippen molar-refractivity contribution in [1.29, 1.82) is 0 Å². The summed E-state index contributed by atoms with van der Waals surface area (Å²) in [7, 11) is 0. The molecule has 1 aliphatic rings. The first-order valence-corrected chi connectivity index (χ1v) is 7.67. The van der Waals surface area contributed by atoms with Crippen LogP contribution in [0.1, 0.15) is 17.1 Å². The third-order valence-corrected chi connectivity index (χ3v) is 3.63. The number of aromatic nitrogens is 2. The Bertz CT molecular complexity index is 697. The summed E-state index contributed by atoms with van der Waals surface area (Å²) in [6.07, 6.45) is 1.67. The molecule has 2 heterocycles. The predicted molar refractivity (Wildman–Crippen MR) is 89.2 cm³/mol. The van der Waals surface area contributed by atoms with Crippen LogP contribution < -0.4 is 4.90 Å². The zero-order valence-electron chi connectivity index (χ0n) is 13.1. The van der Waals surface area contributed by atoms with Crippen LogP contribution in [-0.4, -0.2) is 47.6 Å². The maximum absolute atomic E-state index is 9.73. The monoisotopic (exact) mass is 312 g/mol. The summed E-state index contributed by atoms with van der Waals surface area (Å²) in [4.78, 5) is 15.5. The zero-order chi connectivity index (χ0) is 16.1. The van der Waals surface area contributed by atoms with Crippen molar-refractivity contribution < 1.29 is 9.84 Å². The fraction of sp³-hybridized carbons (Fsp3) is 0.353. The van der Waals surface area contributed by atoms with Gasteiger partial charge in [-0.1, -0.05) is 12.1 Å². The minimum Gasteiger partial charge on any atom is -0.507 e. The molecule has 0 saturated carbocycles. The molecular weight excluding hydrogens is 292 g/mol. The van der Waals surface area contributed by atoms with Crippen LogP contribution in [0.25, 0.3) is 0 Å². The second kappa shape index (κ2) is 7.19. The van der Waals surface area contributed by atoms with Crippen molar-refractivity contribution in [2.45, 2.75) is 13.5 Å². The Balaban J connectivity index is 1.72. The average Bonchev–Trinajstić information content (AvgIpc) is 2.57. The summed E-state index contributed by atoms with van der Waals surface area (Å²) in [6.45, 7) is 5.48. The van der Waals surface area contributed by atoms with Gasteiger partial charge in [-0.05, 0) is 19.1 Å². The number of rotatable bonds is 4. The smallest absolute Gasteiger partial charge is 0.132 e. The normalized spacial score (nSPS) is 15.3. The van der Waals surface area contributed by atoms with Gasteiger partial charge in [0, 0.05) is 30.9 Å². The third-order valence-electron chi connectivity index (χ3n) is 3.63. The molecular formula is C17H20N4O2. The Morgan fingerprint density at radius 2 is 2.04 bits per heavy atom. The van der Waals surface area contributed by atoms with E-state index in [9.17, 15) is 5.11 Å². The van der Waals surface area contributed by atoms with E-state index in [1.54, 1.807) is 18.3 Å². The van der Waals surface area contributed by atoms with Gasteiger partial charge in [0.05, 0.1) is 25.5 Å². The van der Waals surface area contributed by atoms with Crippen molar-refractivity contribution >= 4 is 12.0 Å². The van der Waals surface area contributed by atoms with Crippen molar-refractivity contribution in [2.75, 3.05) is 31.2 Å². The fourth-order valence-corrected chi connectivity index (χ4v) is 2.48. The van der Waals surface area contributed by atoms with Gasteiger partial charge in [0.15, 0.2) is 0 Å². The van der Waals surface area contributed by atoms with E-state index in [2.05, 4.69) is 19.9 Å². The Morgan fingerprint density at radius 1 is 1.26 bits per heavy atom. The highest BCUT2D eigenvalue weighted by atomic mass is 16.5. The van der Waals surface area contributed by atoms with E-state index in [0.717, 1.165) is 43.6 Å². The van der Waals surface area contributed by atoms with Crippen LogP contribution in [0, 0.1) is 6.92 Å². The van der Waals surface area contributed by atoms with E-state index in [-0.39, 0.29) is 5.75 Å². The quantitative estimate of drug-likeness (QED) is 0.874. The summed E-state index contributed by atoms with van der Waals surface area (Å²) in [5, 5.41) is 9.73. The number of phenols is 1. The molecule has 23 heavy (non-hydrogen) atoms. The second-order valence-corrected chi connectivity index (χ2v) is 5.39. The molecule has 0 amide bonds. The van der Waals surface area contributed by atoms with E-state index in [1.165, 1.54) is 0 Å². The largest absolute Gasteiger partial charge is 0.507 e. The molecule has 1 aromatic heterocycles. The molecule has 0 unspecified atom stereocenters. The van der Waals surface area contributed by atoms with Crippen molar-refractivity contribution in [2.24, 2.45) is 4.99 Å². The second-order valence-electron chi connectivity index (χ2n) is 5.39. The number of aromatic hydroxyl groups is 1. The van der Waals surface area contributed by atoms with E-state index in [1.807, 2.05) is 25.1 Å². The first kappa shape index (κ1) is 15.4. The molecule has 1 fully saturated rings. The maximum Gasteiger partial charge on any atom is 0.132 e. The van der Waals surface area contributed by atoms with Gasteiger partial charge in [-0.15, -0.1) is 0 Å². The Morgan fingerprint density at radius 3 is 2.83 bits per heavy atom. The third kappa shape index (κ3) is 4.04. The van der Waals surface area contributed by atoms with Crippen LogP contribution in [0.3, 0.4) is 0 Å². The lowest BCUT2D eigenvalue weighted by Crippen LogP contribution is -2.37. The standard InChI is InChI=1S/C17H20N4O2/c1-13-19-15(10-17(20-13)21-6-8-23-9-7-21)12-18-11-14-4-2-3-5-16(14)22/h2-5,10-11,22H,6-9,12H2,1H3. The molecule has 6 heteroatoms. The van der Waals surface area contributed by atoms with Gasteiger partial charge >= 0.3 is 0 Å². The summed E-state index contributed by atoms with van der Waals surface area (Å²) in [5.41, 5.74) is 1.57. The number of nitrogens with zero attached hydrogens (tertiary/aromatic N) is 4. The topological polar surface area (TPSA) is 70.8 Å². The molecule has 1 N–H and O–H groups in total. The SMILES string of the molecule is Cc1nc(CN=Cc2ccccc2O)cc(N2CCOCC2)n1. The molecule has 0 bridgehead atoms. The van der Waals surface area contributed by atoms with Crippen molar-refractivity contribution in [3.8, 4) is 5.75 Å². The van der Waals surface area contributed by atoms with Crippen LogP contribution in [0.5, 0.6) is 5.75 Å². The molecule has 2 aromatic rings. The van der Waals surface area contributed by atoms with Gasteiger partial charge in [-0.3, -0.25) is 4.99 Å². The molecule has 3 rings (SSSR count). The number of morpholine rings is 1. The summed E-state index contributed by atoms with van der Waals surface area (Å²) < 4.78 is 5.37. The fourth-order valence-electron chi connectivity index (χ4n) is 2.48. The van der Waals surface area contributed by atoms with Gasteiger partial charge in [-0.25, -0.2) is 9.97 Å². The van der Waals surface area contributed by atoms with E-state index in [0.29, 0.717) is 12.1 Å². The lowest BCUT2D eigenvalue weighted by molar-refractivity contribution is 0.122. The summed E-state index contributed by atoms with van der Waals surface area (Å²) in [6, 6.07) is 9.10.